The van der Waals surface area contributed by atoms with Gasteiger partial charge in [0.25, 0.3) is 0 Å². The lowest BCUT2D eigenvalue weighted by molar-refractivity contribution is -0.287. The molecule has 1 unspecified atom stereocenters. The van der Waals surface area contributed by atoms with E-state index in [9.17, 15) is 19.5 Å². The summed E-state index contributed by atoms with van der Waals surface area (Å²) in [6, 6.07) is 0.101. The van der Waals surface area contributed by atoms with Crippen LogP contribution in [0.25, 0.3) is 0 Å². The molecule has 3 saturated heterocycles. The van der Waals surface area contributed by atoms with Crippen molar-refractivity contribution in [3.8, 4) is 0 Å². The van der Waals surface area contributed by atoms with Gasteiger partial charge >= 0.3 is 17.9 Å². The maximum atomic E-state index is 12.8. The molecule has 0 radical (unpaired) electrons. The van der Waals surface area contributed by atoms with E-state index in [1.165, 1.54) is 20.8 Å². The van der Waals surface area contributed by atoms with E-state index < -0.39 is 35.1 Å². The summed E-state index contributed by atoms with van der Waals surface area (Å²) in [6.07, 6.45) is 1.31. The summed E-state index contributed by atoms with van der Waals surface area (Å²) >= 11 is 0. The summed E-state index contributed by atoms with van der Waals surface area (Å²) in [5, 5.41) is 12.8. The highest BCUT2D eigenvalue weighted by molar-refractivity contribution is 5.68. The molecule has 0 aromatic carbocycles. The zero-order chi connectivity index (χ0) is 24.2. The average Bonchev–Trinajstić information content (AvgIpc) is 3.09. The Labute approximate surface area is 199 Å². The Kier molecular flexibility index (Phi) is 3.70. The highest BCUT2D eigenvalue weighted by atomic mass is 16.6. The first-order valence-electron chi connectivity index (χ1n) is 12.6. The first kappa shape index (κ1) is 21.4. The van der Waals surface area contributed by atoms with E-state index in [4.69, 9.17) is 14.2 Å². The second kappa shape index (κ2) is 5.89. The molecule has 0 amide bonds. The lowest BCUT2D eigenvalue weighted by atomic mass is 9.39. The number of hydrogen-bond acceptors (Lipinski definition) is 8. The molecule has 2 spiro atoms. The van der Waals surface area contributed by atoms with Gasteiger partial charge in [0.05, 0.1) is 5.92 Å². The number of carbonyl (C=O) groups is 3. The highest BCUT2D eigenvalue weighted by Gasteiger charge is 2.96. The summed E-state index contributed by atoms with van der Waals surface area (Å²) < 4.78 is 17.9. The molecule has 9 aliphatic rings. The third kappa shape index (κ3) is 1.95. The van der Waals surface area contributed by atoms with Crippen molar-refractivity contribution in [2.24, 2.45) is 34.0 Å². The maximum absolute atomic E-state index is 12.8. The Balaban J connectivity index is 1.48. The van der Waals surface area contributed by atoms with Gasteiger partial charge in [-0.05, 0) is 37.0 Å². The second-order valence-corrected chi connectivity index (χ2v) is 12.7. The fraction of sp³-hybridized carbons (Fsp3) is 0.808. The standard InChI is InChI=1S/C26H33NO7/c1-11-6-24-9-16-19-23(5)7-15(32-12(2)28)8-25(19)20(24)18(33-13(3)29)17(11)21(34-14(4)30)26(24,31)22(25)27(16)10-23/h15-22,31H,1,6-10H2,2-5H3/t15-,16-,17+,18+,19+,20+,21+,22-,23-,24+,25-,26-/m0/s1. The van der Waals surface area contributed by atoms with Gasteiger partial charge in [-0.1, -0.05) is 19.1 Å². The number of aliphatic hydroxyl groups is 1. The van der Waals surface area contributed by atoms with Crippen molar-refractivity contribution >= 4 is 17.9 Å². The SMILES string of the molecule is C=C1C[C@@]23C[C@H]4[C@@H]5[C@@]6(C)C[C@H](OC(C)=O)C[C@@]57[C@@H]2[C@H](OC(C)=O)[C@@H]1[C@@H](OC(C)=O)[C@]3(O)[C@H]7N4C6. The molecule has 13 atom stereocenters. The molecular weight excluding hydrogens is 438 g/mol. The van der Waals surface area contributed by atoms with E-state index in [1.807, 2.05) is 0 Å². The van der Waals surface area contributed by atoms with Gasteiger partial charge in [-0.25, -0.2) is 0 Å². The predicted octanol–water partition coefficient (Wildman–Crippen LogP) is 1.59. The van der Waals surface area contributed by atoms with Crippen LogP contribution in [0.1, 0.15) is 53.4 Å². The maximum Gasteiger partial charge on any atom is 0.303 e. The number of carbonyl (C=O) groups excluding carboxylic acids is 3. The van der Waals surface area contributed by atoms with E-state index in [-0.39, 0.29) is 40.8 Å². The van der Waals surface area contributed by atoms with E-state index >= 15 is 0 Å². The lowest BCUT2D eigenvalue weighted by Crippen LogP contribution is -2.77. The molecule has 9 bridgehead atoms. The van der Waals surface area contributed by atoms with Crippen molar-refractivity contribution in [1.82, 2.24) is 4.90 Å². The van der Waals surface area contributed by atoms with Crippen LogP contribution in [0.4, 0.5) is 0 Å². The largest absolute Gasteiger partial charge is 0.463 e. The Morgan fingerprint density at radius 1 is 1.00 bits per heavy atom. The third-order valence-electron chi connectivity index (χ3n) is 11.1. The Hall–Kier alpha value is -1.93. The summed E-state index contributed by atoms with van der Waals surface area (Å²) in [5.74, 6) is -1.34. The molecule has 9 fully saturated rings. The van der Waals surface area contributed by atoms with Crippen molar-refractivity contribution in [2.75, 3.05) is 6.54 Å². The minimum Gasteiger partial charge on any atom is -0.463 e. The van der Waals surface area contributed by atoms with Crippen LogP contribution in [-0.2, 0) is 28.6 Å². The predicted molar refractivity (Wildman–Crippen MR) is 117 cm³/mol. The minimum atomic E-state index is -1.25. The number of hydrogen-bond donors (Lipinski definition) is 1. The van der Waals surface area contributed by atoms with Crippen LogP contribution in [0.3, 0.4) is 0 Å². The minimum absolute atomic E-state index is 0.0526. The van der Waals surface area contributed by atoms with E-state index in [0.717, 1.165) is 25.0 Å². The van der Waals surface area contributed by atoms with E-state index in [2.05, 4.69) is 18.4 Å². The molecule has 0 aromatic rings. The summed E-state index contributed by atoms with van der Waals surface area (Å²) in [6.45, 7) is 11.7. The number of ether oxygens (including phenoxy) is 3. The number of nitrogens with zero attached hydrogens (tertiary/aromatic N) is 1. The van der Waals surface area contributed by atoms with Crippen molar-refractivity contribution in [3.63, 3.8) is 0 Å². The first-order chi connectivity index (χ1) is 15.9. The van der Waals surface area contributed by atoms with Crippen LogP contribution in [0.15, 0.2) is 12.2 Å². The molecule has 6 saturated carbocycles. The molecule has 6 aliphatic carbocycles. The Morgan fingerprint density at radius 3 is 2.32 bits per heavy atom. The van der Waals surface area contributed by atoms with Crippen LogP contribution >= 0.6 is 0 Å². The van der Waals surface area contributed by atoms with Crippen molar-refractivity contribution in [2.45, 2.75) is 89.4 Å². The lowest BCUT2D eigenvalue weighted by Gasteiger charge is -2.68. The van der Waals surface area contributed by atoms with Crippen LogP contribution in [0.2, 0.25) is 0 Å². The first-order valence-corrected chi connectivity index (χ1v) is 12.6. The fourth-order valence-electron chi connectivity index (χ4n) is 11.6. The number of piperidine rings is 2. The smallest absolute Gasteiger partial charge is 0.303 e. The average molecular weight is 472 g/mol. The van der Waals surface area contributed by atoms with E-state index in [0.29, 0.717) is 24.8 Å². The Morgan fingerprint density at radius 2 is 1.68 bits per heavy atom. The van der Waals surface area contributed by atoms with Crippen LogP contribution in [0, 0.1) is 34.0 Å². The second-order valence-electron chi connectivity index (χ2n) is 12.7. The molecule has 0 aromatic heterocycles. The third-order valence-corrected chi connectivity index (χ3v) is 11.1. The monoisotopic (exact) mass is 471 g/mol. The molecule has 9 rings (SSSR count). The summed E-state index contributed by atoms with van der Waals surface area (Å²) in [7, 11) is 0. The topological polar surface area (TPSA) is 102 Å². The molecule has 3 aliphatic heterocycles. The van der Waals surface area contributed by atoms with Gasteiger partial charge in [0.15, 0.2) is 0 Å². The zero-order valence-electron chi connectivity index (χ0n) is 20.2. The molecule has 1 N–H and O–H groups in total. The molecular formula is C26H33NO7. The molecule has 34 heavy (non-hydrogen) atoms. The van der Waals surface area contributed by atoms with Gasteiger partial charge in [-0.2, -0.15) is 0 Å². The van der Waals surface area contributed by atoms with Crippen LogP contribution < -0.4 is 0 Å². The summed E-state index contributed by atoms with van der Waals surface area (Å²) in [5.41, 5.74) is -1.37. The number of fused-ring (bicyclic) bond motifs is 1. The Bertz CT molecular complexity index is 1070. The fourth-order valence-corrected chi connectivity index (χ4v) is 11.6. The van der Waals surface area contributed by atoms with E-state index in [1.54, 1.807) is 0 Å². The number of esters is 3. The zero-order valence-corrected chi connectivity index (χ0v) is 20.2. The van der Waals surface area contributed by atoms with Gasteiger partial charge < -0.3 is 19.3 Å². The van der Waals surface area contributed by atoms with Crippen LogP contribution in [0.5, 0.6) is 0 Å². The quantitative estimate of drug-likeness (QED) is 0.376. The number of rotatable bonds is 3. The molecule has 8 heteroatoms. The molecule has 184 valence electrons. The van der Waals surface area contributed by atoms with Crippen molar-refractivity contribution in [1.29, 1.82) is 0 Å². The normalized spacial score (nSPS) is 58.7. The molecule has 8 nitrogen and oxygen atoms in total. The van der Waals surface area contributed by atoms with Crippen molar-refractivity contribution < 1.29 is 33.7 Å². The molecule has 3 heterocycles. The summed E-state index contributed by atoms with van der Waals surface area (Å²) in [4.78, 5) is 39.2. The van der Waals surface area contributed by atoms with Gasteiger partial charge in [-0.15, -0.1) is 0 Å². The van der Waals surface area contributed by atoms with Gasteiger partial charge in [0.2, 0.25) is 0 Å². The highest BCUT2D eigenvalue weighted by Crippen LogP contribution is 2.88. The van der Waals surface area contributed by atoms with Crippen molar-refractivity contribution in [3.05, 3.63) is 12.2 Å². The van der Waals surface area contributed by atoms with Crippen LogP contribution in [-0.4, -0.2) is 70.5 Å². The van der Waals surface area contributed by atoms with Gasteiger partial charge in [0.1, 0.15) is 23.9 Å². The van der Waals surface area contributed by atoms with Gasteiger partial charge in [0, 0.05) is 56.1 Å². The van der Waals surface area contributed by atoms with Gasteiger partial charge in [-0.3, -0.25) is 19.3 Å².